The second-order valence-electron chi connectivity index (χ2n) is 6.28. The largest absolute Gasteiger partial charge is 0.496 e. The number of amides is 1. The summed E-state index contributed by atoms with van der Waals surface area (Å²) in [5, 5.41) is 10.3. The second-order valence-corrected chi connectivity index (χ2v) is 6.28. The van der Waals surface area contributed by atoms with Gasteiger partial charge >= 0.3 is 0 Å². The van der Waals surface area contributed by atoms with Gasteiger partial charge in [0.1, 0.15) is 5.75 Å². The zero-order chi connectivity index (χ0) is 17.1. The van der Waals surface area contributed by atoms with Gasteiger partial charge < -0.3 is 14.7 Å². The van der Waals surface area contributed by atoms with Crippen molar-refractivity contribution in [2.75, 3.05) is 20.2 Å². The number of aromatic nitrogens is 1. The first kappa shape index (κ1) is 16.5. The van der Waals surface area contributed by atoms with Crippen LogP contribution < -0.4 is 4.74 Å². The SMILES string of the molecule is COc1cc(C(=O)N2C[C@@H](Cc3ccncc3)[C@@H](O)C2)ccc1C. The van der Waals surface area contributed by atoms with Crippen LogP contribution in [0.25, 0.3) is 0 Å². The van der Waals surface area contributed by atoms with E-state index in [1.807, 2.05) is 31.2 Å². The minimum absolute atomic E-state index is 0.0451. The number of hydrogen-bond acceptors (Lipinski definition) is 4. The normalized spacial score (nSPS) is 20.2. The number of aliphatic hydroxyl groups excluding tert-OH is 1. The van der Waals surface area contributed by atoms with Gasteiger partial charge in [0, 0.05) is 37.0 Å². The molecule has 1 aliphatic rings. The minimum Gasteiger partial charge on any atom is -0.496 e. The molecule has 2 atom stereocenters. The van der Waals surface area contributed by atoms with Crippen molar-refractivity contribution in [3.63, 3.8) is 0 Å². The van der Waals surface area contributed by atoms with Gasteiger partial charge in [0.15, 0.2) is 0 Å². The van der Waals surface area contributed by atoms with E-state index >= 15 is 0 Å². The fourth-order valence-corrected chi connectivity index (χ4v) is 3.18. The fraction of sp³-hybridized carbons (Fsp3) is 0.368. The third kappa shape index (κ3) is 3.41. The molecule has 0 unspecified atom stereocenters. The summed E-state index contributed by atoms with van der Waals surface area (Å²) in [7, 11) is 1.60. The third-order valence-electron chi connectivity index (χ3n) is 4.60. The summed E-state index contributed by atoms with van der Waals surface area (Å²) in [5.74, 6) is 0.683. The van der Waals surface area contributed by atoms with Gasteiger partial charge in [0.25, 0.3) is 5.91 Å². The van der Waals surface area contributed by atoms with E-state index in [0.29, 0.717) is 24.4 Å². The number of methoxy groups -OCH3 is 1. The maximum Gasteiger partial charge on any atom is 0.254 e. The first-order chi connectivity index (χ1) is 11.6. The lowest BCUT2D eigenvalue weighted by atomic mass is 9.97. The lowest BCUT2D eigenvalue weighted by molar-refractivity contribution is 0.0764. The standard InChI is InChI=1S/C19H22N2O3/c1-13-3-4-15(10-18(13)24-2)19(23)21-11-16(17(22)12-21)9-14-5-7-20-8-6-14/h3-8,10,16-17,22H,9,11-12H2,1-2H3/t16-,17+/m1/s1. The molecule has 2 aromatic rings. The van der Waals surface area contributed by atoms with Gasteiger partial charge in [0.05, 0.1) is 13.2 Å². The Morgan fingerprint density at radius 3 is 2.75 bits per heavy atom. The molecule has 0 bridgehead atoms. The summed E-state index contributed by atoms with van der Waals surface area (Å²) < 4.78 is 5.29. The van der Waals surface area contributed by atoms with Crippen LogP contribution >= 0.6 is 0 Å². The average Bonchev–Trinajstić information content (AvgIpc) is 2.96. The van der Waals surface area contributed by atoms with Crippen molar-refractivity contribution in [3.8, 4) is 5.75 Å². The number of benzene rings is 1. The number of carbonyl (C=O) groups excluding carboxylic acids is 1. The van der Waals surface area contributed by atoms with Crippen LogP contribution in [0.2, 0.25) is 0 Å². The molecule has 2 heterocycles. The van der Waals surface area contributed by atoms with E-state index in [2.05, 4.69) is 4.98 Å². The topological polar surface area (TPSA) is 62.7 Å². The molecular formula is C19H22N2O3. The first-order valence-electron chi connectivity index (χ1n) is 8.09. The van der Waals surface area contributed by atoms with E-state index < -0.39 is 6.10 Å². The van der Waals surface area contributed by atoms with Gasteiger partial charge in [-0.25, -0.2) is 0 Å². The molecule has 1 N–H and O–H groups in total. The lowest BCUT2D eigenvalue weighted by Crippen LogP contribution is -2.29. The zero-order valence-electron chi connectivity index (χ0n) is 14.0. The molecular weight excluding hydrogens is 304 g/mol. The first-order valence-corrected chi connectivity index (χ1v) is 8.09. The van der Waals surface area contributed by atoms with E-state index in [1.165, 1.54) is 0 Å². The van der Waals surface area contributed by atoms with Crippen LogP contribution in [-0.4, -0.2) is 47.2 Å². The van der Waals surface area contributed by atoms with Crippen LogP contribution in [0.4, 0.5) is 0 Å². The number of β-amino-alcohol motifs (C(OH)–C–C–N with tert-alkyl or cyclic N) is 1. The molecule has 0 aliphatic carbocycles. The number of carbonyl (C=O) groups is 1. The molecule has 1 aliphatic heterocycles. The number of likely N-dealkylation sites (tertiary alicyclic amines) is 1. The van der Waals surface area contributed by atoms with E-state index in [1.54, 1.807) is 30.5 Å². The van der Waals surface area contributed by atoms with Gasteiger partial charge in [-0.2, -0.15) is 0 Å². The maximum absolute atomic E-state index is 12.7. The second kappa shape index (κ2) is 7.01. The van der Waals surface area contributed by atoms with Crippen LogP contribution in [0.3, 0.4) is 0 Å². The average molecular weight is 326 g/mol. The Bertz CT molecular complexity index is 718. The summed E-state index contributed by atoms with van der Waals surface area (Å²) >= 11 is 0. The quantitative estimate of drug-likeness (QED) is 0.934. The summed E-state index contributed by atoms with van der Waals surface area (Å²) in [6.45, 7) is 2.86. The molecule has 3 rings (SSSR count). The van der Waals surface area contributed by atoms with Crippen molar-refractivity contribution >= 4 is 5.91 Å². The van der Waals surface area contributed by atoms with Crippen LogP contribution in [0, 0.1) is 12.8 Å². The number of ether oxygens (including phenoxy) is 1. The number of hydrogen-bond donors (Lipinski definition) is 1. The van der Waals surface area contributed by atoms with Gasteiger partial charge in [0.2, 0.25) is 0 Å². The highest BCUT2D eigenvalue weighted by atomic mass is 16.5. The molecule has 5 heteroatoms. The summed E-state index contributed by atoms with van der Waals surface area (Å²) in [6.07, 6.45) is 3.73. The summed E-state index contributed by atoms with van der Waals surface area (Å²) in [6, 6.07) is 9.35. The maximum atomic E-state index is 12.7. The van der Waals surface area contributed by atoms with Crippen molar-refractivity contribution in [3.05, 3.63) is 59.4 Å². The lowest BCUT2D eigenvalue weighted by Gasteiger charge is -2.17. The molecule has 126 valence electrons. The van der Waals surface area contributed by atoms with E-state index in [9.17, 15) is 9.90 Å². The Kier molecular flexibility index (Phi) is 4.81. The Morgan fingerprint density at radius 2 is 2.04 bits per heavy atom. The molecule has 1 saturated heterocycles. The molecule has 0 saturated carbocycles. The Labute approximate surface area is 141 Å². The number of pyridine rings is 1. The number of rotatable bonds is 4. The van der Waals surface area contributed by atoms with Crippen LogP contribution in [-0.2, 0) is 6.42 Å². The Balaban J connectivity index is 1.71. The molecule has 1 aromatic heterocycles. The Hall–Kier alpha value is -2.40. The molecule has 1 amide bonds. The number of aryl methyl sites for hydroxylation is 1. The van der Waals surface area contributed by atoms with E-state index in [4.69, 9.17) is 4.74 Å². The predicted octanol–water partition coefficient (Wildman–Crippen LogP) is 2.07. The van der Waals surface area contributed by atoms with Crippen LogP contribution in [0.15, 0.2) is 42.7 Å². The van der Waals surface area contributed by atoms with E-state index in [0.717, 1.165) is 17.5 Å². The highest BCUT2D eigenvalue weighted by molar-refractivity contribution is 5.95. The van der Waals surface area contributed by atoms with E-state index in [-0.39, 0.29) is 11.8 Å². The van der Waals surface area contributed by atoms with Gasteiger partial charge in [-0.1, -0.05) is 6.07 Å². The van der Waals surface area contributed by atoms with Crippen molar-refractivity contribution < 1.29 is 14.6 Å². The summed E-state index contributed by atoms with van der Waals surface area (Å²) in [5.41, 5.74) is 2.71. The number of aliphatic hydroxyl groups is 1. The van der Waals surface area contributed by atoms with Gasteiger partial charge in [-0.15, -0.1) is 0 Å². The van der Waals surface area contributed by atoms with Crippen molar-refractivity contribution in [2.45, 2.75) is 19.4 Å². The summed E-state index contributed by atoms with van der Waals surface area (Å²) in [4.78, 5) is 18.4. The number of nitrogens with zero attached hydrogens (tertiary/aromatic N) is 2. The van der Waals surface area contributed by atoms with Crippen molar-refractivity contribution in [1.29, 1.82) is 0 Å². The predicted molar refractivity (Wildman–Crippen MR) is 91.1 cm³/mol. The van der Waals surface area contributed by atoms with Gasteiger partial charge in [-0.3, -0.25) is 9.78 Å². The molecule has 24 heavy (non-hydrogen) atoms. The minimum atomic E-state index is -0.505. The fourth-order valence-electron chi connectivity index (χ4n) is 3.18. The molecule has 0 spiro atoms. The molecule has 1 fully saturated rings. The van der Waals surface area contributed by atoms with Crippen molar-refractivity contribution in [1.82, 2.24) is 9.88 Å². The van der Waals surface area contributed by atoms with Crippen LogP contribution in [0.5, 0.6) is 5.75 Å². The third-order valence-corrected chi connectivity index (χ3v) is 4.60. The highest BCUT2D eigenvalue weighted by Crippen LogP contribution is 2.25. The van der Waals surface area contributed by atoms with Crippen LogP contribution in [0.1, 0.15) is 21.5 Å². The van der Waals surface area contributed by atoms with Crippen molar-refractivity contribution in [2.24, 2.45) is 5.92 Å². The molecule has 1 aromatic carbocycles. The molecule has 0 radical (unpaired) electrons. The monoisotopic (exact) mass is 326 g/mol. The van der Waals surface area contributed by atoms with Gasteiger partial charge in [-0.05, 0) is 48.7 Å². The highest BCUT2D eigenvalue weighted by Gasteiger charge is 2.34. The Morgan fingerprint density at radius 1 is 1.29 bits per heavy atom. The molecule has 5 nitrogen and oxygen atoms in total. The smallest absolute Gasteiger partial charge is 0.254 e. The zero-order valence-corrected chi connectivity index (χ0v) is 14.0.